The second-order valence-corrected chi connectivity index (χ2v) is 8.97. The summed E-state index contributed by atoms with van der Waals surface area (Å²) in [4.78, 5) is 25.3. The molecule has 7 nitrogen and oxygen atoms in total. The van der Waals surface area contributed by atoms with E-state index in [0.717, 1.165) is 16.7 Å². The van der Waals surface area contributed by atoms with Gasteiger partial charge in [0.15, 0.2) is 23.1 Å². The minimum Gasteiger partial charge on any atom is -0.481 e. The van der Waals surface area contributed by atoms with Gasteiger partial charge in [0, 0.05) is 13.1 Å². The summed E-state index contributed by atoms with van der Waals surface area (Å²) >= 11 is 0. The van der Waals surface area contributed by atoms with Crippen molar-refractivity contribution in [3.63, 3.8) is 0 Å². The highest BCUT2D eigenvalue weighted by atomic mass is 32.2. The fourth-order valence-electron chi connectivity index (χ4n) is 3.10. The highest BCUT2D eigenvalue weighted by Gasteiger charge is 2.32. The van der Waals surface area contributed by atoms with Crippen LogP contribution in [0.4, 0.5) is 0 Å². The monoisotopic (exact) mass is 383 g/mol. The Kier molecular flexibility index (Phi) is 6.28. The molecule has 0 unspecified atom stereocenters. The van der Waals surface area contributed by atoms with Crippen LogP contribution in [0.25, 0.3) is 0 Å². The lowest BCUT2D eigenvalue weighted by atomic mass is 10.1. The van der Waals surface area contributed by atoms with Gasteiger partial charge in [-0.05, 0) is 38.3 Å². The van der Waals surface area contributed by atoms with E-state index in [-0.39, 0.29) is 24.2 Å². The first-order chi connectivity index (χ1) is 12.1. The molecule has 144 valence electrons. The number of hydrogen-bond donors (Lipinski definition) is 0. The van der Waals surface area contributed by atoms with Crippen molar-refractivity contribution >= 4 is 21.7 Å². The van der Waals surface area contributed by atoms with E-state index in [1.54, 1.807) is 0 Å². The molecule has 1 aliphatic heterocycles. The quantitative estimate of drug-likeness (QED) is 0.685. The molecule has 1 aromatic rings. The van der Waals surface area contributed by atoms with Gasteiger partial charge in [-0.1, -0.05) is 17.7 Å². The highest BCUT2D eigenvalue weighted by Crippen LogP contribution is 2.24. The summed E-state index contributed by atoms with van der Waals surface area (Å²) in [6.07, 6.45) is 0.410. The van der Waals surface area contributed by atoms with E-state index in [2.05, 4.69) is 0 Å². The summed E-state index contributed by atoms with van der Waals surface area (Å²) in [5, 5.41) is 0. The van der Waals surface area contributed by atoms with Gasteiger partial charge in [0.1, 0.15) is 5.75 Å². The molecule has 2 rings (SSSR count). The van der Waals surface area contributed by atoms with Crippen molar-refractivity contribution in [3.8, 4) is 5.75 Å². The summed E-state index contributed by atoms with van der Waals surface area (Å²) < 4.78 is 33.5. The number of hydrogen-bond acceptors (Lipinski definition) is 6. The number of nitrogens with zero attached hydrogens (tertiary/aromatic N) is 1. The molecule has 1 saturated heterocycles. The van der Waals surface area contributed by atoms with Crippen LogP contribution < -0.4 is 4.74 Å². The minimum atomic E-state index is -3.08. The van der Waals surface area contributed by atoms with Crippen molar-refractivity contribution < 1.29 is 27.5 Å². The maximum absolute atomic E-state index is 12.1. The van der Waals surface area contributed by atoms with Crippen molar-refractivity contribution in [2.75, 3.05) is 31.8 Å². The number of rotatable bonds is 6. The lowest BCUT2D eigenvalue weighted by Crippen LogP contribution is -2.40. The van der Waals surface area contributed by atoms with E-state index in [1.807, 2.05) is 32.9 Å². The van der Waals surface area contributed by atoms with Crippen LogP contribution in [-0.2, 0) is 24.2 Å². The molecule has 8 heteroatoms. The summed E-state index contributed by atoms with van der Waals surface area (Å²) in [7, 11) is -1.55. The number of amides is 1. The van der Waals surface area contributed by atoms with Gasteiger partial charge < -0.3 is 14.4 Å². The predicted molar refractivity (Wildman–Crippen MR) is 96.9 cm³/mol. The molecule has 1 aliphatic rings. The standard InChI is InChI=1S/C18H25NO6S/c1-12-7-13(2)18(14(3)8-12)25-10-17(21)24-9-16(20)19(4)15-5-6-26(22,23)11-15/h7-8,15H,5-6,9-11H2,1-4H3/t15-/m1/s1. The first-order valence-electron chi connectivity index (χ1n) is 8.41. The van der Waals surface area contributed by atoms with Crippen LogP contribution in [0, 0.1) is 20.8 Å². The summed E-state index contributed by atoms with van der Waals surface area (Å²) in [5.74, 6) is -0.406. The van der Waals surface area contributed by atoms with Gasteiger partial charge in [-0.3, -0.25) is 4.79 Å². The van der Waals surface area contributed by atoms with Gasteiger partial charge in [0.2, 0.25) is 0 Å². The summed E-state index contributed by atoms with van der Waals surface area (Å²) in [6.45, 7) is 5.06. The molecule has 0 bridgehead atoms. The van der Waals surface area contributed by atoms with Gasteiger partial charge in [-0.15, -0.1) is 0 Å². The summed E-state index contributed by atoms with van der Waals surface area (Å²) in [5.41, 5.74) is 2.96. The van der Waals surface area contributed by atoms with Crippen molar-refractivity contribution in [1.29, 1.82) is 0 Å². The molecule has 1 atom stereocenters. The van der Waals surface area contributed by atoms with Crippen LogP contribution in [-0.4, -0.2) is 63.0 Å². The number of sulfone groups is 1. The fourth-order valence-corrected chi connectivity index (χ4v) is 4.87. The molecule has 0 spiro atoms. The Balaban J connectivity index is 1.81. The minimum absolute atomic E-state index is 0.0434. The zero-order valence-electron chi connectivity index (χ0n) is 15.6. The second-order valence-electron chi connectivity index (χ2n) is 6.74. The van der Waals surface area contributed by atoms with Crippen molar-refractivity contribution in [3.05, 3.63) is 28.8 Å². The number of esters is 1. The molecule has 0 aromatic heterocycles. The summed E-state index contributed by atoms with van der Waals surface area (Å²) in [6, 6.07) is 3.56. The molecule has 0 saturated carbocycles. The number of ether oxygens (including phenoxy) is 2. The average Bonchev–Trinajstić information content (AvgIpc) is 2.90. The van der Waals surface area contributed by atoms with E-state index in [0.29, 0.717) is 12.2 Å². The number of likely N-dealkylation sites (N-methyl/N-ethyl adjacent to an activating group) is 1. The predicted octanol–water partition coefficient (Wildman–Crippen LogP) is 1.18. The normalized spacial score (nSPS) is 18.4. The van der Waals surface area contributed by atoms with Crippen LogP contribution in [0.3, 0.4) is 0 Å². The topological polar surface area (TPSA) is 90.0 Å². The maximum Gasteiger partial charge on any atom is 0.344 e. The first kappa shape index (κ1) is 20.2. The van der Waals surface area contributed by atoms with E-state index < -0.39 is 28.3 Å². The Hall–Kier alpha value is -2.09. The van der Waals surface area contributed by atoms with E-state index >= 15 is 0 Å². The fraction of sp³-hybridized carbons (Fsp3) is 0.556. The molecule has 0 radical (unpaired) electrons. The first-order valence-corrected chi connectivity index (χ1v) is 10.2. The van der Waals surface area contributed by atoms with Crippen molar-refractivity contribution in [1.82, 2.24) is 4.90 Å². The molecular weight excluding hydrogens is 358 g/mol. The van der Waals surface area contributed by atoms with Crippen molar-refractivity contribution in [2.24, 2.45) is 0 Å². The number of carbonyl (C=O) groups excluding carboxylic acids is 2. The van der Waals surface area contributed by atoms with E-state index in [1.165, 1.54) is 11.9 Å². The molecule has 1 heterocycles. The third kappa shape index (κ3) is 5.20. The number of benzene rings is 1. The Morgan fingerprint density at radius 3 is 2.31 bits per heavy atom. The van der Waals surface area contributed by atoms with Crippen LogP contribution in [0.1, 0.15) is 23.1 Å². The second kappa shape index (κ2) is 8.07. The van der Waals surface area contributed by atoms with Gasteiger partial charge in [-0.2, -0.15) is 0 Å². The van der Waals surface area contributed by atoms with Crippen LogP contribution >= 0.6 is 0 Å². The number of aryl methyl sites for hydroxylation is 3. The Morgan fingerprint density at radius 1 is 1.15 bits per heavy atom. The molecule has 1 amide bonds. The van der Waals surface area contributed by atoms with Gasteiger partial charge in [0.25, 0.3) is 5.91 Å². The largest absolute Gasteiger partial charge is 0.481 e. The zero-order valence-corrected chi connectivity index (χ0v) is 16.4. The van der Waals surface area contributed by atoms with Gasteiger partial charge in [-0.25, -0.2) is 13.2 Å². The smallest absolute Gasteiger partial charge is 0.344 e. The Labute approximate surface area is 154 Å². The molecule has 0 aliphatic carbocycles. The third-order valence-electron chi connectivity index (χ3n) is 4.45. The molecule has 26 heavy (non-hydrogen) atoms. The molecule has 0 N–H and O–H groups in total. The lowest BCUT2D eigenvalue weighted by Gasteiger charge is -2.23. The van der Waals surface area contributed by atoms with Crippen LogP contribution in [0.5, 0.6) is 5.75 Å². The van der Waals surface area contributed by atoms with Crippen molar-refractivity contribution in [2.45, 2.75) is 33.2 Å². The third-order valence-corrected chi connectivity index (χ3v) is 6.20. The SMILES string of the molecule is Cc1cc(C)c(OCC(=O)OCC(=O)N(C)[C@@H]2CCS(=O)(=O)C2)c(C)c1. The maximum atomic E-state index is 12.1. The van der Waals surface area contributed by atoms with Crippen LogP contribution in [0.2, 0.25) is 0 Å². The highest BCUT2D eigenvalue weighted by molar-refractivity contribution is 7.91. The molecule has 1 aromatic carbocycles. The van der Waals surface area contributed by atoms with Crippen LogP contribution in [0.15, 0.2) is 12.1 Å². The van der Waals surface area contributed by atoms with E-state index in [4.69, 9.17) is 9.47 Å². The molecular formula is C18H25NO6S. The van der Waals surface area contributed by atoms with Gasteiger partial charge >= 0.3 is 5.97 Å². The lowest BCUT2D eigenvalue weighted by molar-refractivity contribution is -0.153. The van der Waals surface area contributed by atoms with E-state index in [9.17, 15) is 18.0 Å². The Morgan fingerprint density at radius 2 is 1.77 bits per heavy atom. The average molecular weight is 383 g/mol. The zero-order chi connectivity index (χ0) is 19.5. The van der Waals surface area contributed by atoms with Gasteiger partial charge in [0.05, 0.1) is 11.5 Å². The number of carbonyl (C=O) groups is 2. The molecule has 1 fully saturated rings. The Bertz CT molecular complexity index is 779.